The normalized spacial score (nSPS) is 19.5. The minimum absolute atomic E-state index is 0.0565. The van der Waals surface area contributed by atoms with Crippen molar-refractivity contribution >= 4 is 12.0 Å². The Hall–Kier alpha value is -2.32. The zero-order valence-corrected chi connectivity index (χ0v) is 11.1. The molecule has 2 aliphatic heterocycles. The van der Waals surface area contributed by atoms with E-state index in [1.807, 2.05) is 0 Å². The van der Waals surface area contributed by atoms with Gasteiger partial charge in [-0.2, -0.15) is 0 Å². The topological polar surface area (TPSA) is 58.6 Å². The minimum Gasteiger partial charge on any atom is -0.449 e. The van der Waals surface area contributed by atoms with Crippen LogP contribution >= 0.6 is 0 Å². The molecule has 0 radical (unpaired) electrons. The van der Waals surface area contributed by atoms with Gasteiger partial charge in [0.25, 0.3) is 5.91 Å². The highest BCUT2D eigenvalue weighted by Gasteiger charge is 2.49. The highest BCUT2D eigenvalue weighted by molar-refractivity contribution is 5.95. The summed E-state index contributed by atoms with van der Waals surface area (Å²) in [5.41, 5.74) is -1.55. The number of nitrogens with one attached hydrogen (secondary N) is 1. The second-order valence-electron chi connectivity index (χ2n) is 5.30. The number of alkyl carbamates (subject to hydrolysis) is 1. The molecule has 2 fully saturated rings. The van der Waals surface area contributed by atoms with Crippen LogP contribution in [0.25, 0.3) is 0 Å². The van der Waals surface area contributed by atoms with Crippen LogP contribution in [0, 0.1) is 23.3 Å². The van der Waals surface area contributed by atoms with Crippen molar-refractivity contribution in [3.63, 3.8) is 0 Å². The number of likely N-dealkylation sites (tertiary alicyclic amines) is 1. The molecule has 2 aliphatic rings. The van der Waals surface area contributed by atoms with Crippen LogP contribution in [0.5, 0.6) is 0 Å². The SMILES string of the molecule is O=C1NC2(CCO1)CN(C(=O)c1cc(F)c(F)c(F)c1F)C2. The molecule has 2 heterocycles. The Labute approximate surface area is 121 Å². The lowest BCUT2D eigenvalue weighted by Crippen LogP contribution is -2.73. The molecule has 2 amide bonds. The van der Waals surface area contributed by atoms with E-state index in [0.29, 0.717) is 12.5 Å². The summed E-state index contributed by atoms with van der Waals surface area (Å²) >= 11 is 0. The first kappa shape index (κ1) is 14.6. The zero-order valence-electron chi connectivity index (χ0n) is 11.1. The van der Waals surface area contributed by atoms with E-state index in [0.717, 1.165) is 4.90 Å². The minimum atomic E-state index is -2.03. The Balaban J connectivity index is 1.78. The summed E-state index contributed by atoms with van der Waals surface area (Å²) in [6, 6.07) is 0.323. The molecule has 0 bridgehead atoms. The molecule has 2 saturated heterocycles. The predicted octanol–water partition coefficient (Wildman–Crippen LogP) is 1.57. The van der Waals surface area contributed by atoms with Crippen molar-refractivity contribution in [1.82, 2.24) is 10.2 Å². The number of carbonyl (C=O) groups excluding carboxylic acids is 2. The fraction of sp³-hybridized carbons (Fsp3) is 0.385. The molecule has 1 spiro atoms. The van der Waals surface area contributed by atoms with E-state index < -0.39 is 46.4 Å². The third-order valence-corrected chi connectivity index (χ3v) is 3.79. The summed E-state index contributed by atoms with van der Waals surface area (Å²) in [4.78, 5) is 24.3. The van der Waals surface area contributed by atoms with Gasteiger partial charge in [0.2, 0.25) is 0 Å². The van der Waals surface area contributed by atoms with Gasteiger partial charge in [-0.25, -0.2) is 22.4 Å². The predicted molar refractivity (Wildman–Crippen MR) is 64.0 cm³/mol. The number of hydrogen-bond donors (Lipinski definition) is 1. The molecular formula is C13H10F4N2O3. The van der Waals surface area contributed by atoms with Gasteiger partial charge < -0.3 is 15.0 Å². The molecule has 9 heteroatoms. The van der Waals surface area contributed by atoms with Gasteiger partial charge in [-0.1, -0.05) is 0 Å². The smallest absolute Gasteiger partial charge is 0.407 e. The second-order valence-corrected chi connectivity index (χ2v) is 5.30. The second kappa shape index (κ2) is 4.85. The van der Waals surface area contributed by atoms with Crippen LogP contribution in [-0.4, -0.2) is 42.1 Å². The molecule has 0 saturated carbocycles. The molecule has 0 aliphatic carbocycles. The summed E-state index contributed by atoms with van der Waals surface area (Å²) in [5.74, 6) is -8.34. The van der Waals surface area contributed by atoms with Gasteiger partial charge in [0, 0.05) is 19.5 Å². The Bertz CT molecular complexity index is 674. The van der Waals surface area contributed by atoms with E-state index in [2.05, 4.69) is 5.32 Å². The van der Waals surface area contributed by atoms with E-state index in [1.54, 1.807) is 0 Å². The fourth-order valence-electron chi connectivity index (χ4n) is 2.62. The van der Waals surface area contributed by atoms with Gasteiger partial charge in [0.15, 0.2) is 23.3 Å². The Morgan fingerprint density at radius 2 is 1.86 bits per heavy atom. The molecule has 0 aromatic heterocycles. The first-order valence-corrected chi connectivity index (χ1v) is 6.40. The summed E-state index contributed by atoms with van der Waals surface area (Å²) in [7, 11) is 0. The molecule has 0 atom stereocenters. The van der Waals surface area contributed by atoms with E-state index >= 15 is 0 Å². The summed E-state index contributed by atoms with van der Waals surface area (Å²) < 4.78 is 57.5. The standard InChI is InChI=1S/C13H10F4N2O3/c14-7-3-6(8(15)10(17)9(7)16)11(20)19-4-13(5-19)1-2-22-12(21)18-13/h3H,1-2,4-5H2,(H,18,21). The molecule has 118 valence electrons. The largest absolute Gasteiger partial charge is 0.449 e. The maximum atomic E-state index is 13.6. The number of halogens is 4. The Kier molecular flexibility index (Phi) is 3.22. The van der Waals surface area contributed by atoms with Gasteiger partial charge in [0.1, 0.15) is 0 Å². The highest BCUT2D eigenvalue weighted by Crippen LogP contribution is 2.30. The van der Waals surface area contributed by atoms with Crippen molar-refractivity contribution in [3.8, 4) is 0 Å². The number of hydrogen-bond acceptors (Lipinski definition) is 3. The molecule has 0 unspecified atom stereocenters. The zero-order chi connectivity index (χ0) is 16.1. The summed E-state index contributed by atoms with van der Waals surface area (Å²) in [6.07, 6.45) is -0.166. The van der Waals surface area contributed by atoms with Crippen LogP contribution in [0.1, 0.15) is 16.8 Å². The van der Waals surface area contributed by atoms with Crippen LogP contribution in [0.15, 0.2) is 6.07 Å². The fourth-order valence-corrected chi connectivity index (χ4v) is 2.62. The maximum absolute atomic E-state index is 13.6. The third kappa shape index (κ3) is 2.16. The number of ether oxygens (including phenoxy) is 1. The van der Waals surface area contributed by atoms with Gasteiger partial charge in [-0.15, -0.1) is 0 Å². The van der Waals surface area contributed by atoms with Crippen LogP contribution in [-0.2, 0) is 4.74 Å². The number of rotatable bonds is 1. The van der Waals surface area contributed by atoms with Crippen molar-refractivity contribution in [2.75, 3.05) is 19.7 Å². The first-order valence-electron chi connectivity index (χ1n) is 6.40. The first-order chi connectivity index (χ1) is 10.3. The summed E-state index contributed by atoms with van der Waals surface area (Å²) in [6.45, 7) is 0.296. The average molecular weight is 318 g/mol. The van der Waals surface area contributed by atoms with Crippen molar-refractivity contribution in [3.05, 3.63) is 34.9 Å². The molecule has 1 N–H and O–H groups in total. The van der Waals surface area contributed by atoms with Crippen LogP contribution < -0.4 is 5.32 Å². The molecule has 3 rings (SSSR count). The molecule has 1 aromatic carbocycles. The monoisotopic (exact) mass is 318 g/mol. The highest BCUT2D eigenvalue weighted by atomic mass is 19.2. The van der Waals surface area contributed by atoms with Gasteiger partial charge in [-0.05, 0) is 6.07 Å². The molecule has 22 heavy (non-hydrogen) atoms. The van der Waals surface area contributed by atoms with Gasteiger partial charge >= 0.3 is 6.09 Å². The number of benzene rings is 1. The maximum Gasteiger partial charge on any atom is 0.407 e. The molecular weight excluding hydrogens is 308 g/mol. The van der Waals surface area contributed by atoms with E-state index in [1.165, 1.54) is 0 Å². The van der Waals surface area contributed by atoms with Crippen molar-refractivity contribution in [2.24, 2.45) is 0 Å². The van der Waals surface area contributed by atoms with Gasteiger partial charge in [0.05, 0.1) is 17.7 Å². The quantitative estimate of drug-likeness (QED) is 0.486. The number of nitrogens with zero attached hydrogens (tertiary/aromatic N) is 1. The van der Waals surface area contributed by atoms with E-state index in [4.69, 9.17) is 4.74 Å². The van der Waals surface area contributed by atoms with Crippen LogP contribution in [0.3, 0.4) is 0 Å². The number of cyclic esters (lactones) is 1. The Morgan fingerprint density at radius 1 is 1.18 bits per heavy atom. The molecule has 5 nitrogen and oxygen atoms in total. The third-order valence-electron chi connectivity index (χ3n) is 3.79. The molecule has 1 aromatic rings. The van der Waals surface area contributed by atoms with E-state index in [9.17, 15) is 27.2 Å². The Morgan fingerprint density at radius 3 is 2.50 bits per heavy atom. The van der Waals surface area contributed by atoms with Crippen molar-refractivity contribution in [2.45, 2.75) is 12.0 Å². The van der Waals surface area contributed by atoms with Gasteiger partial charge in [-0.3, -0.25) is 4.79 Å². The van der Waals surface area contributed by atoms with Crippen molar-refractivity contribution < 1.29 is 31.9 Å². The lowest BCUT2D eigenvalue weighted by Gasteiger charge is -2.51. The average Bonchev–Trinajstić information content (AvgIpc) is 2.45. The van der Waals surface area contributed by atoms with Crippen LogP contribution in [0.2, 0.25) is 0 Å². The number of carbonyl (C=O) groups is 2. The van der Waals surface area contributed by atoms with Crippen molar-refractivity contribution in [1.29, 1.82) is 0 Å². The number of amides is 2. The lowest BCUT2D eigenvalue weighted by molar-refractivity contribution is -0.00144. The lowest BCUT2D eigenvalue weighted by atomic mass is 9.85. The summed E-state index contributed by atoms with van der Waals surface area (Å²) in [5, 5.41) is 2.56. The van der Waals surface area contributed by atoms with Crippen LogP contribution in [0.4, 0.5) is 22.4 Å². The van der Waals surface area contributed by atoms with E-state index in [-0.39, 0.29) is 19.7 Å².